The van der Waals surface area contributed by atoms with E-state index in [0.717, 1.165) is 19.3 Å². The molecule has 1 aliphatic heterocycles. The molecule has 6 heteroatoms. The lowest BCUT2D eigenvalue weighted by atomic mass is 9.78. The number of ether oxygens (including phenoxy) is 3. The maximum absolute atomic E-state index is 12.5. The molecule has 1 aliphatic rings. The Morgan fingerprint density at radius 2 is 1.58 bits per heavy atom. The molecule has 1 saturated heterocycles. The van der Waals surface area contributed by atoms with Gasteiger partial charge in [0.05, 0.1) is 18.6 Å². The predicted molar refractivity (Wildman–Crippen MR) is 124 cm³/mol. The maximum Gasteiger partial charge on any atom is 0.306 e. The van der Waals surface area contributed by atoms with Gasteiger partial charge in [0.1, 0.15) is 12.2 Å². The monoisotopic (exact) mass is 441 g/mol. The highest BCUT2D eigenvalue weighted by Crippen LogP contribution is 2.39. The standard InChI is InChI=1S/C25H47NO5/c1-10-19(4)31-20-17-23(5,6)26(24(7,8)18-20)15-16-30-22(28)14-13-21(27)25(11-2,12-3)29-9/h19-20H,10-18H2,1-9H3. The zero-order valence-corrected chi connectivity index (χ0v) is 21.5. The van der Waals surface area contributed by atoms with Crippen molar-refractivity contribution in [3.8, 4) is 0 Å². The second-order valence-corrected chi connectivity index (χ2v) is 10.2. The van der Waals surface area contributed by atoms with Gasteiger partial charge in [0.25, 0.3) is 0 Å². The first-order chi connectivity index (χ1) is 14.4. The normalized spacial score (nSPS) is 20.4. The van der Waals surface area contributed by atoms with Crippen molar-refractivity contribution in [2.75, 3.05) is 20.3 Å². The Balaban J connectivity index is 2.57. The summed E-state index contributed by atoms with van der Waals surface area (Å²) in [6.45, 7) is 18.1. The molecule has 0 aromatic carbocycles. The van der Waals surface area contributed by atoms with Gasteiger partial charge in [0, 0.05) is 31.2 Å². The van der Waals surface area contributed by atoms with E-state index in [9.17, 15) is 9.59 Å². The number of esters is 1. The Morgan fingerprint density at radius 3 is 2.03 bits per heavy atom. The highest BCUT2D eigenvalue weighted by atomic mass is 16.5. The largest absolute Gasteiger partial charge is 0.464 e. The lowest BCUT2D eigenvalue weighted by Crippen LogP contribution is -2.63. The summed E-state index contributed by atoms with van der Waals surface area (Å²) in [7, 11) is 1.56. The Hall–Kier alpha value is -0.980. The zero-order valence-electron chi connectivity index (χ0n) is 21.5. The number of hydrogen-bond acceptors (Lipinski definition) is 6. The molecule has 0 saturated carbocycles. The minimum atomic E-state index is -0.782. The summed E-state index contributed by atoms with van der Waals surface area (Å²) < 4.78 is 17.2. The van der Waals surface area contributed by atoms with Crippen molar-refractivity contribution in [1.82, 2.24) is 4.90 Å². The Morgan fingerprint density at radius 1 is 1.03 bits per heavy atom. The molecule has 1 rings (SSSR count). The van der Waals surface area contributed by atoms with Crippen LogP contribution in [-0.2, 0) is 23.8 Å². The number of rotatable bonds is 13. The van der Waals surface area contributed by atoms with Crippen LogP contribution in [0.15, 0.2) is 0 Å². The van der Waals surface area contributed by atoms with E-state index in [1.165, 1.54) is 0 Å². The zero-order chi connectivity index (χ0) is 23.9. The van der Waals surface area contributed by atoms with Crippen molar-refractivity contribution >= 4 is 11.8 Å². The number of Topliss-reactive ketones (excluding diaryl/α,β-unsaturated/α-hetero) is 1. The van der Waals surface area contributed by atoms with Gasteiger partial charge in [-0.05, 0) is 66.7 Å². The highest BCUT2D eigenvalue weighted by Gasteiger charge is 2.45. The van der Waals surface area contributed by atoms with Gasteiger partial charge in [0.15, 0.2) is 5.78 Å². The SMILES string of the molecule is CCC(C)OC1CC(C)(C)N(CCOC(=O)CCC(=O)C(CC)(CC)OC)C(C)(C)C1. The average molecular weight is 442 g/mol. The van der Waals surface area contributed by atoms with Crippen molar-refractivity contribution < 1.29 is 23.8 Å². The fourth-order valence-electron chi connectivity index (χ4n) is 5.17. The van der Waals surface area contributed by atoms with Crippen LogP contribution < -0.4 is 0 Å². The van der Waals surface area contributed by atoms with Crippen LogP contribution in [0, 0.1) is 0 Å². The van der Waals surface area contributed by atoms with Gasteiger partial charge in [-0.2, -0.15) is 0 Å². The third-order valence-electron chi connectivity index (χ3n) is 7.09. The van der Waals surface area contributed by atoms with Gasteiger partial charge >= 0.3 is 5.97 Å². The van der Waals surface area contributed by atoms with Crippen LogP contribution in [0.1, 0.15) is 100 Å². The summed E-state index contributed by atoms with van der Waals surface area (Å²) in [6.07, 6.45) is 4.90. The molecule has 0 aromatic rings. The minimum absolute atomic E-state index is 0.0254. The number of carbonyl (C=O) groups is 2. The molecule has 0 spiro atoms. The van der Waals surface area contributed by atoms with Crippen LogP contribution in [-0.4, -0.2) is 65.8 Å². The summed E-state index contributed by atoms with van der Waals surface area (Å²) in [5.41, 5.74) is -0.888. The second kappa shape index (κ2) is 11.8. The minimum Gasteiger partial charge on any atom is -0.464 e. The summed E-state index contributed by atoms with van der Waals surface area (Å²) in [5, 5.41) is 0. The molecule has 6 nitrogen and oxygen atoms in total. The molecule has 0 aliphatic carbocycles. The van der Waals surface area contributed by atoms with E-state index in [0.29, 0.717) is 26.0 Å². The summed E-state index contributed by atoms with van der Waals surface area (Å²) in [6, 6.07) is 0. The van der Waals surface area contributed by atoms with E-state index in [-0.39, 0.29) is 47.9 Å². The highest BCUT2D eigenvalue weighted by molar-refractivity contribution is 5.89. The topological polar surface area (TPSA) is 65.1 Å². The van der Waals surface area contributed by atoms with Crippen molar-refractivity contribution in [2.45, 2.75) is 129 Å². The number of nitrogens with zero attached hydrogens (tertiary/aromatic N) is 1. The average Bonchev–Trinajstić information content (AvgIpc) is 2.69. The molecule has 182 valence electrons. The number of likely N-dealkylation sites (tertiary alicyclic amines) is 1. The number of hydrogen-bond donors (Lipinski definition) is 0. The number of ketones is 1. The smallest absolute Gasteiger partial charge is 0.306 e. The molecule has 31 heavy (non-hydrogen) atoms. The van der Waals surface area contributed by atoms with Gasteiger partial charge in [-0.1, -0.05) is 20.8 Å². The summed E-state index contributed by atoms with van der Waals surface area (Å²) >= 11 is 0. The van der Waals surface area contributed by atoms with E-state index < -0.39 is 5.60 Å². The van der Waals surface area contributed by atoms with Crippen LogP contribution in [0.4, 0.5) is 0 Å². The molecular weight excluding hydrogens is 394 g/mol. The molecule has 0 aromatic heterocycles. The van der Waals surface area contributed by atoms with Gasteiger partial charge in [-0.15, -0.1) is 0 Å². The lowest BCUT2D eigenvalue weighted by Gasteiger charge is -2.55. The Bertz CT molecular complexity index is 556. The molecule has 1 fully saturated rings. The molecular formula is C25H47NO5. The quantitative estimate of drug-likeness (QED) is 0.378. The molecule has 0 amide bonds. The van der Waals surface area contributed by atoms with Gasteiger partial charge in [0.2, 0.25) is 0 Å². The Labute approximate surface area is 190 Å². The summed E-state index contributed by atoms with van der Waals surface area (Å²) in [4.78, 5) is 27.2. The maximum atomic E-state index is 12.5. The molecule has 0 bridgehead atoms. The fraction of sp³-hybridized carbons (Fsp3) is 0.920. The number of carbonyl (C=O) groups excluding carboxylic acids is 2. The third-order valence-corrected chi connectivity index (χ3v) is 7.09. The number of methoxy groups -OCH3 is 1. The van der Waals surface area contributed by atoms with Gasteiger partial charge in [-0.3, -0.25) is 14.5 Å². The lowest BCUT2D eigenvalue weighted by molar-refractivity contribution is -0.152. The van der Waals surface area contributed by atoms with E-state index in [2.05, 4.69) is 46.4 Å². The van der Waals surface area contributed by atoms with Crippen molar-refractivity contribution in [1.29, 1.82) is 0 Å². The molecule has 1 atom stereocenters. The first-order valence-electron chi connectivity index (χ1n) is 12.0. The first-order valence-corrected chi connectivity index (χ1v) is 12.0. The van der Waals surface area contributed by atoms with Crippen LogP contribution in [0.5, 0.6) is 0 Å². The van der Waals surface area contributed by atoms with Crippen LogP contribution in [0.25, 0.3) is 0 Å². The van der Waals surface area contributed by atoms with Gasteiger partial charge < -0.3 is 14.2 Å². The van der Waals surface area contributed by atoms with Crippen molar-refractivity contribution in [2.24, 2.45) is 0 Å². The third kappa shape index (κ3) is 7.54. The van der Waals surface area contributed by atoms with E-state index in [1.54, 1.807) is 7.11 Å². The molecule has 1 unspecified atom stereocenters. The van der Waals surface area contributed by atoms with Crippen molar-refractivity contribution in [3.05, 3.63) is 0 Å². The number of piperidine rings is 1. The van der Waals surface area contributed by atoms with Crippen LogP contribution in [0.3, 0.4) is 0 Å². The molecule has 0 radical (unpaired) electrons. The first kappa shape index (κ1) is 28.1. The predicted octanol–water partition coefficient (Wildman–Crippen LogP) is 4.92. The van der Waals surface area contributed by atoms with Crippen LogP contribution >= 0.6 is 0 Å². The van der Waals surface area contributed by atoms with E-state index >= 15 is 0 Å². The van der Waals surface area contributed by atoms with E-state index in [4.69, 9.17) is 14.2 Å². The fourth-order valence-corrected chi connectivity index (χ4v) is 5.17. The Kier molecular flexibility index (Phi) is 10.6. The van der Waals surface area contributed by atoms with E-state index in [1.807, 2.05) is 13.8 Å². The molecule has 0 N–H and O–H groups in total. The second-order valence-electron chi connectivity index (χ2n) is 10.2. The van der Waals surface area contributed by atoms with Crippen molar-refractivity contribution in [3.63, 3.8) is 0 Å². The summed E-state index contributed by atoms with van der Waals surface area (Å²) in [5.74, 6) is -0.348. The molecule has 1 heterocycles. The van der Waals surface area contributed by atoms with Crippen LogP contribution in [0.2, 0.25) is 0 Å². The van der Waals surface area contributed by atoms with Gasteiger partial charge in [-0.25, -0.2) is 0 Å².